The predicted molar refractivity (Wildman–Crippen MR) is 121 cm³/mol. The maximum atomic E-state index is 5.66. The number of nitrogens with one attached hydrogen (secondary N) is 2. The zero-order valence-electron chi connectivity index (χ0n) is 18.3. The van der Waals surface area contributed by atoms with Crippen LogP contribution in [0.1, 0.15) is 17.5 Å². The number of rotatable bonds is 9. The van der Waals surface area contributed by atoms with Gasteiger partial charge in [0, 0.05) is 36.5 Å². The van der Waals surface area contributed by atoms with Gasteiger partial charge in [0.2, 0.25) is 12.5 Å². The number of benzene rings is 2. The Morgan fingerprint density at radius 2 is 2.09 bits per heavy atom. The highest BCUT2D eigenvalue weighted by Gasteiger charge is 2.25. The third-order valence-electron chi connectivity index (χ3n) is 5.85. The van der Waals surface area contributed by atoms with E-state index in [4.69, 9.17) is 23.8 Å². The summed E-state index contributed by atoms with van der Waals surface area (Å²) in [6.45, 7) is 1.79. The van der Waals surface area contributed by atoms with Crippen LogP contribution in [0.25, 0.3) is 10.9 Å². The van der Waals surface area contributed by atoms with Gasteiger partial charge in [-0.05, 0) is 54.4 Å². The van der Waals surface area contributed by atoms with Gasteiger partial charge in [-0.3, -0.25) is 0 Å². The summed E-state index contributed by atoms with van der Waals surface area (Å²) >= 11 is 0. The molecule has 2 aliphatic heterocycles. The highest BCUT2D eigenvalue weighted by Crippen LogP contribution is 2.42. The minimum Gasteiger partial charge on any atom is -0.497 e. The number of nitrogens with zero attached hydrogens (tertiary/aromatic N) is 1. The summed E-state index contributed by atoms with van der Waals surface area (Å²) in [6.07, 6.45) is 4.53. The van der Waals surface area contributed by atoms with Crippen LogP contribution >= 0.6 is 0 Å². The Hall–Kier alpha value is -3.39. The number of methoxy groups -OCH3 is 2. The summed E-state index contributed by atoms with van der Waals surface area (Å²) in [5.74, 6) is 2.94. The summed E-state index contributed by atoms with van der Waals surface area (Å²) in [5.41, 5.74) is 4.50. The van der Waals surface area contributed by atoms with Crippen LogP contribution in [0.15, 0.2) is 41.7 Å². The van der Waals surface area contributed by atoms with Crippen LogP contribution in [0.3, 0.4) is 0 Å². The lowest BCUT2D eigenvalue weighted by atomic mass is 10.0. The average molecular weight is 437 g/mol. The van der Waals surface area contributed by atoms with Gasteiger partial charge >= 0.3 is 0 Å². The minimum absolute atomic E-state index is 0.0120. The monoisotopic (exact) mass is 437 g/mol. The fourth-order valence-corrected chi connectivity index (χ4v) is 4.21. The lowest BCUT2D eigenvalue weighted by Crippen LogP contribution is -2.25. The Kier molecular flexibility index (Phi) is 5.77. The van der Waals surface area contributed by atoms with Crippen LogP contribution < -0.4 is 24.3 Å². The summed E-state index contributed by atoms with van der Waals surface area (Å²) in [6, 6.07) is 10.1. The van der Waals surface area contributed by atoms with Gasteiger partial charge in [-0.2, -0.15) is 0 Å². The van der Waals surface area contributed by atoms with Crippen molar-refractivity contribution in [2.24, 2.45) is 5.16 Å². The van der Waals surface area contributed by atoms with Gasteiger partial charge in [-0.1, -0.05) is 5.16 Å². The SMILES string of the molecule is COc1ccc2[nH]cc(CCNCC3=NOC(Cc4cc(OC)c5c(c4)OCO5)C3)c2c1. The van der Waals surface area contributed by atoms with Crippen molar-refractivity contribution in [3.05, 3.63) is 47.7 Å². The molecule has 2 aromatic carbocycles. The van der Waals surface area contributed by atoms with E-state index in [1.165, 1.54) is 10.9 Å². The van der Waals surface area contributed by atoms with Crippen molar-refractivity contribution in [2.75, 3.05) is 34.1 Å². The van der Waals surface area contributed by atoms with E-state index in [-0.39, 0.29) is 12.9 Å². The lowest BCUT2D eigenvalue weighted by Gasteiger charge is -2.11. The molecule has 1 aromatic heterocycles. The third kappa shape index (κ3) is 4.18. The Morgan fingerprint density at radius 1 is 1.16 bits per heavy atom. The van der Waals surface area contributed by atoms with Gasteiger partial charge in [0.25, 0.3) is 0 Å². The molecule has 0 saturated heterocycles. The molecule has 168 valence electrons. The van der Waals surface area contributed by atoms with E-state index in [1.807, 2.05) is 24.3 Å². The zero-order valence-corrected chi connectivity index (χ0v) is 18.3. The minimum atomic E-state index is 0.0120. The normalized spacial score (nSPS) is 16.8. The molecular weight excluding hydrogens is 410 g/mol. The maximum Gasteiger partial charge on any atom is 0.231 e. The van der Waals surface area contributed by atoms with Gasteiger partial charge in [0.1, 0.15) is 11.9 Å². The highest BCUT2D eigenvalue weighted by atomic mass is 16.7. The molecule has 8 nitrogen and oxygen atoms in total. The summed E-state index contributed by atoms with van der Waals surface area (Å²) in [4.78, 5) is 8.99. The Labute approximate surface area is 186 Å². The number of aromatic nitrogens is 1. The molecular formula is C24H27N3O5. The average Bonchev–Trinajstić information content (AvgIpc) is 3.56. The van der Waals surface area contributed by atoms with Crippen LogP contribution in [0, 0.1) is 0 Å². The molecule has 0 radical (unpaired) electrons. The molecule has 8 heteroatoms. The van der Waals surface area contributed by atoms with E-state index in [0.717, 1.165) is 54.1 Å². The third-order valence-corrected chi connectivity index (χ3v) is 5.85. The molecule has 1 atom stereocenters. The fraction of sp³-hybridized carbons (Fsp3) is 0.375. The fourth-order valence-electron chi connectivity index (χ4n) is 4.21. The second-order valence-corrected chi connectivity index (χ2v) is 7.98. The van der Waals surface area contributed by atoms with E-state index in [1.54, 1.807) is 14.2 Å². The Balaban J connectivity index is 1.10. The van der Waals surface area contributed by atoms with Crippen molar-refractivity contribution < 1.29 is 23.8 Å². The molecule has 2 N–H and O–H groups in total. The molecule has 0 saturated carbocycles. The number of fused-ring (bicyclic) bond motifs is 2. The van der Waals surface area contributed by atoms with E-state index in [0.29, 0.717) is 18.0 Å². The van der Waals surface area contributed by atoms with E-state index < -0.39 is 0 Å². The van der Waals surface area contributed by atoms with Crippen molar-refractivity contribution in [3.63, 3.8) is 0 Å². The van der Waals surface area contributed by atoms with Crippen molar-refractivity contribution >= 4 is 16.6 Å². The Bertz CT molecular complexity index is 1140. The van der Waals surface area contributed by atoms with Crippen molar-refractivity contribution in [1.29, 1.82) is 0 Å². The van der Waals surface area contributed by atoms with Crippen LogP contribution in [0.2, 0.25) is 0 Å². The van der Waals surface area contributed by atoms with Crippen LogP contribution in [0.4, 0.5) is 0 Å². The van der Waals surface area contributed by atoms with Gasteiger partial charge in [-0.15, -0.1) is 0 Å². The second kappa shape index (κ2) is 9.00. The van der Waals surface area contributed by atoms with Crippen LogP contribution in [-0.4, -0.2) is 50.9 Å². The van der Waals surface area contributed by atoms with Crippen molar-refractivity contribution in [2.45, 2.75) is 25.4 Å². The van der Waals surface area contributed by atoms with Crippen LogP contribution in [-0.2, 0) is 17.7 Å². The molecule has 0 spiro atoms. The summed E-state index contributed by atoms with van der Waals surface area (Å²) < 4.78 is 21.7. The molecule has 5 rings (SSSR count). The standard InChI is InChI=1S/C24H27N3O5/c1-28-18-3-4-21-20(11-18)16(12-26-21)5-6-25-13-17-10-19(32-27-17)7-15-8-22(29-2)24-23(9-15)30-14-31-24/h3-4,8-9,11-12,19,25-26H,5-7,10,13-14H2,1-2H3. The molecule has 2 aliphatic rings. The molecule has 3 heterocycles. The number of H-pyrrole nitrogens is 1. The first-order chi connectivity index (χ1) is 15.7. The van der Waals surface area contributed by atoms with Crippen molar-refractivity contribution in [3.8, 4) is 23.0 Å². The van der Waals surface area contributed by atoms with Gasteiger partial charge in [-0.25, -0.2) is 0 Å². The molecule has 0 bridgehead atoms. The molecule has 1 unspecified atom stereocenters. The smallest absolute Gasteiger partial charge is 0.231 e. The predicted octanol–water partition coefficient (Wildman–Crippen LogP) is 3.43. The first kappa shape index (κ1) is 20.5. The van der Waals surface area contributed by atoms with E-state index in [9.17, 15) is 0 Å². The zero-order chi connectivity index (χ0) is 21.9. The molecule has 0 fully saturated rings. The Morgan fingerprint density at radius 3 is 2.97 bits per heavy atom. The summed E-state index contributed by atoms with van der Waals surface area (Å²) in [7, 11) is 3.32. The molecule has 0 amide bonds. The second-order valence-electron chi connectivity index (χ2n) is 7.98. The molecule has 32 heavy (non-hydrogen) atoms. The topological polar surface area (TPSA) is 86.3 Å². The first-order valence-corrected chi connectivity index (χ1v) is 10.8. The van der Waals surface area contributed by atoms with E-state index in [2.05, 4.69) is 27.7 Å². The van der Waals surface area contributed by atoms with Crippen molar-refractivity contribution in [1.82, 2.24) is 10.3 Å². The first-order valence-electron chi connectivity index (χ1n) is 10.8. The number of aromatic amines is 1. The molecule has 0 aliphatic carbocycles. The van der Waals surface area contributed by atoms with Gasteiger partial charge < -0.3 is 34.1 Å². The number of oxime groups is 1. The van der Waals surface area contributed by atoms with Gasteiger partial charge in [0.15, 0.2) is 11.5 Å². The summed E-state index contributed by atoms with van der Waals surface area (Å²) in [5, 5.41) is 8.96. The largest absolute Gasteiger partial charge is 0.497 e. The number of hydrogen-bond donors (Lipinski definition) is 2. The van der Waals surface area contributed by atoms with E-state index >= 15 is 0 Å². The lowest BCUT2D eigenvalue weighted by molar-refractivity contribution is 0.0858. The highest BCUT2D eigenvalue weighted by molar-refractivity contribution is 5.87. The quantitative estimate of drug-likeness (QED) is 0.499. The van der Waals surface area contributed by atoms with Gasteiger partial charge in [0.05, 0.1) is 19.9 Å². The number of hydrogen-bond acceptors (Lipinski definition) is 7. The number of ether oxygens (including phenoxy) is 4. The maximum absolute atomic E-state index is 5.66. The molecule has 3 aromatic rings. The van der Waals surface area contributed by atoms with Crippen LogP contribution in [0.5, 0.6) is 23.0 Å².